The molecule has 10 heteroatoms. The van der Waals surface area contributed by atoms with Gasteiger partial charge in [-0.15, -0.1) is 4.68 Å². The monoisotopic (exact) mass is 358 g/mol. The van der Waals surface area contributed by atoms with Gasteiger partial charge in [-0.1, -0.05) is 23.3 Å². The van der Waals surface area contributed by atoms with Crippen molar-refractivity contribution in [3.63, 3.8) is 0 Å². The van der Waals surface area contributed by atoms with Crippen molar-refractivity contribution >= 4 is 17.4 Å². The van der Waals surface area contributed by atoms with Gasteiger partial charge in [0.05, 0.1) is 30.2 Å². The molecular weight excluding hydrogens is 343 g/mol. The lowest BCUT2D eigenvalue weighted by molar-refractivity contribution is -0.392. The molecule has 0 spiro atoms. The first kappa shape index (κ1) is 17.3. The second-order valence-corrected chi connectivity index (χ2v) is 5.62. The highest BCUT2D eigenvalue weighted by molar-refractivity contribution is 5.90. The first-order chi connectivity index (χ1) is 12.4. The van der Waals surface area contributed by atoms with Gasteiger partial charge < -0.3 is 15.4 Å². The van der Waals surface area contributed by atoms with Crippen molar-refractivity contribution in [3.05, 3.63) is 69.9 Å². The van der Waals surface area contributed by atoms with Crippen LogP contribution in [0.25, 0.3) is 0 Å². The van der Waals surface area contributed by atoms with E-state index >= 15 is 0 Å². The van der Waals surface area contributed by atoms with Gasteiger partial charge in [-0.2, -0.15) is 5.10 Å². The van der Waals surface area contributed by atoms with Gasteiger partial charge in [0.1, 0.15) is 5.82 Å². The van der Waals surface area contributed by atoms with Crippen molar-refractivity contribution in [1.29, 1.82) is 0 Å². The normalized spacial score (nSPS) is 10.7. The molecule has 0 radical (unpaired) electrons. The predicted octanol–water partition coefficient (Wildman–Crippen LogP) is 2.12. The van der Waals surface area contributed by atoms with Crippen LogP contribution in [0.5, 0.6) is 0 Å². The highest BCUT2D eigenvalue weighted by Gasteiger charge is 2.19. The molecule has 3 aromatic rings. The molecule has 0 aliphatic heterocycles. The Hall–Kier alpha value is -3.56. The molecule has 134 valence electrons. The summed E-state index contributed by atoms with van der Waals surface area (Å²) in [5.74, 6) is -1.08. The molecule has 0 atom stereocenters. The molecule has 0 fully saturated rings. The minimum absolute atomic E-state index is 0.215. The van der Waals surface area contributed by atoms with Crippen molar-refractivity contribution in [2.24, 2.45) is 0 Å². The van der Waals surface area contributed by atoms with E-state index in [4.69, 9.17) is 0 Å². The topological polar surface area (TPSA) is 108 Å². The number of hydrogen-bond donors (Lipinski definition) is 1. The Balaban J connectivity index is 1.65. The molecule has 26 heavy (non-hydrogen) atoms. The van der Waals surface area contributed by atoms with Gasteiger partial charge in [-0.05, 0) is 17.9 Å². The molecule has 0 aliphatic rings. The van der Waals surface area contributed by atoms with E-state index in [1.165, 1.54) is 23.0 Å². The summed E-state index contributed by atoms with van der Waals surface area (Å²) in [6.45, 7) is 1.52. The Kier molecular flexibility index (Phi) is 4.74. The predicted molar refractivity (Wildman–Crippen MR) is 90.0 cm³/mol. The average molecular weight is 358 g/mol. The minimum Gasteiger partial charge on any atom is -0.358 e. The average Bonchev–Trinajstić information content (AvgIpc) is 3.16. The van der Waals surface area contributed by atoms with Crippen LogP contribution in [0, 0.1) is 22.9 Å². The number of aryl methyl sites for hydroxylation is 1. The smallest absolute Gasteiger partial charge is 0.345 e. The number of nitrogens with zero attached hydrogens (tertiary/aromatic N) is 5. The third-order valence-electron chi connectivity index (χ3n) is 3.57. The molecule has 1 aromatic carbocycles. The Morgan fingerprint density at radius 1 is 1.38 bits per heavy atom. The van der Waals surface area contributed by atoms with Crippen LogP contribution >= 0.6 is 0 Å². The zero-order valence-corrected chi connectivity index (χ0v) is 13.8. The second kappa shape index (κ2) is 7.13. The molecule has 2 aromatic heterocycles. The van der Waals surface area contributed by atoms with Crippen LogP contribution < -0.4 is 5.32 Å². The molecule has 2 heterocycles. The summed E-state index contributed by atoms with van der Waals surface area (Å²) in [7, 11) is 0. The van der Waals surface area contributed by atoms with Gasteiger partial charge in [0.15, 0.2) is 6.54 Å². The fourth-order valence-electron chi connectivity index (χ4n) is 2.45. The largest absolute Gasteiger partial charge is 0.358 e. The van der Waals surface area contributed by atoms with Crippen molar-refractivity contribution in [2.75, 3.05) is 5.32 Å². The van der Waals surface area contributed by atoms with E-state index < -0.39 is 10.8 Å². The maximum Gasteiger partial charge on any atom is 0.345 e. The van der Waals surface area contributed by atoms with E-state index in [0.717, 1.165) is 4.68 Å². The van der Waals surface area contributed by atoms with E-state index in [9.17, 15) is 19.3 Å². The summed E-state index contributed by atoms with van der Waals surface area (Å²) in [5, 5.41) is 21.5. The zero-order valence-electron chi connectivity index (χ0n) is 13.8. The Bertz CT molecular complexity index is 965. The fraction of sp³-hybridized carbons (Fsp3) is 0.188. The number of carbonyl (C=O) groups excluding carboxylic acids is 1. The highest BCUT2D eigenvalue weighted by Crippen LogP contribution is 2.14. The second-order valence-electron chi connectivity index (χ2n) is 5.62. The highest BCUT2D eigenvalue weighted by atomic mass is 19.1. The summed E-state index contributed by atoms with van der Waals surface area (Å²) in [5.41, 5.74) is 1.32. The third kappa shape index (κ3) is 3.91. The fourth-order valence-corrected chi connectivity index (χ4v) is 2.45. The van der Waals surface area contributed by atoms with Crippen molar-refractivity contribution in [3.8, 4) is 0 Å². The molecular formula is C16H15FN6O3. The van der Waals surface area contributed by atoms with Crippen LogP contribution in [0.2, 0.25) is 0 Å². The van der Waals surface area contributed by atoms with Crippen molar-refractivity contribution in [2.45, 2.75) is 20.0 Å². The Morgan fingerprint density at radius 3 is 2.88 bits per heavy atom. The van der Waals surface area contributed by atoms with Gasteiger partial charge in [-0.25, -0.2) is 4.39 Å². The molecule has 9 nitrogen and oxygen atoms in total. The van der Waals surface area contributed by atoms with Crippen LogP contribution in [0.3, 0.4) is 0 Å². The summed E-state index contributed by atoms with van der Waals surface area (Å²) in [6, 6.07) is 7.63. The van der Waals surface area contributed by atoms with E-state index in [2.05, 4.69) is 15.5 Å². The number of aromatic nitrogens is 4. The van der Waals surface area contributed by atoms with Crippen LogP contribution in [0.1, 0.15) is 11.3 Å². The van der Waals surface area contributed by atoms with E-state index in [0.29, 0.717) is 16.9 Å². The number of halogens is 1. The van der Waals surface area contributed by atoms with Crippen LogP contribution in [-0.4, -0.2) is 30.4 Å². The van der Waals surface area contributed by atoms with Crippen LogP contribution in [0.15, 0.2) is 42.7 Å². The minimum atomic E-state index is -0.598. The summed E-state index contributed by atoms with van der Waals surface area (Å²) in [6.07, 6.45) is 2.97. The van der Waals surface area contributed by atoms with E-state index in [-0.39, 0.29) is 24.7 Å². The number of nitrogens with one attached hydrogen (secondary N) is 1. The van der Waals surface area contributed by atoms with Crippen molar-refractivity contribution in [1.82, 2.24) is 19.6 Å². The molecule has 0 saturated carbocycles. The molecule has 0 saturated heterocycles. The number of amides is 1. The number of nitro groups is 1. The first-order valence-electron chi connectivity index (χ1n) is 7.67. The molecule has 1 N–H and O–H groups in total. The Labute approximate surface area is 147 Å². The first-order valence-corrected chi connectivity index (χ1v) is 7.67. The summed E-state index contributed by atoms with van der Waals surface area (Å²) < 4.78 is 16.2. The van der Waals surface area contributed by atoms with Gasteiger partial charge in [0, 0.05) is 11.8 Å². The number of carbonyl (C=O) groups is 1. The van der Waals surface area contributed by atoms with E-state index in [1.807, 2.05) is 0 Å². The number of rotatable bonds is 6. The quantitative estimate of drug-likeness (QED) is 0.536. The van der Waals surface area contributed by atoms with Crippen LogP contribution in [0.4, 0.5) is 15.9 Å². The standard InChI is InChI=1S/C16H15FN6O3/c1-11-6-16(23(25)26)22(20-11)10-15(24)19-13-7-18-21(9-13)8-12-4-2-3-5-14(12)17/h2-7,9H,8,10H2,1H3,(H,19,24). The maximum absolute atomic E-state index is 13.7. The zero-order chi connectivity index (χ0) is 18.7. The number of benzene rings is 1. The number of anilines is 1. The Morgan fingerprint density at radius 2 is 2.15 bits per heavy atom. The van der Waals surface area contributed by atoms with Gasteiger partial charge in [-0.3, -0.25) is 9.48 Å². The van der Waals surface area contributed by atoms with Gasteiger partial charge in [0.2, 0.25) is 0 Å². The molecule has 0 unspecified atom stereocenters. The lowest BCUT2D eigenvalue weighted by atomic mass is 10.2. The van der Waals surface area contributed by atoms with Crippen LogP contribution in [-0.2, 0) is 17.9 Å². The number of hydrogen-bond acceptors (Lipinski definition) is 5. The van der Waals surface area contributed by atoms with E-state index in [1.54, 1.807) is 31.3 Å². The summed E-state index contributed by atoms with van der Waals surface area (Å²) >= 11 is 0. The molecule has 1 amide bonds. The third-order valence-corrected chi connectivity index (χ3v) is 3.57. The van der Waals surface area contributed by atoms with Gasteiger partial charge >= 0.3 is 5.82 Å². The SMILES string of the molecule is Cc1cc([N+](=O)[O-])n(CC(=O)Nc2cnn(Cc3ccccc3F)c2)n1. The van der Waals surface area contributed by atoms with Crippen molar-refractivity contribution < 1.29 is 14.1 Å². The lowest BCUT2D eigenvalue weighted by Crippen LogP contribution is -2.20. The van der Waals surface area contributed by atoms with Gasteiger partial charge in [0.25, 0.3) is 5.91 Å². The molecule has 3 rings (SSSR count). The molecule has 0 aliphatic carbocycles. The molecule has 0 bridgehead atoms. The maximum atomic E-state index is 13.7. The summed E-state index contributed by atoms with van der Waals surface area (Å²) in [4.78, 5) is 22.4. The lowest BCUT2D eigenvalue weighted by Gasteiger charge is -2.03.